The van der Waals surface area contributed by atoms with Crippen molar-refractivity contribution < 1.29 is 9.18 Å². The van der Waals surface area contributed by atoms with Crippen molar-refractivity contribution in [2.24, 2.45) is 0 Å². The SMILES string of the molecule is CC(=O)Nc1cc(Nc2ncnc(C3CC(c4ccccc4)=CCN3)n2)ccc1F. The molecule has 1 aliphatic rings. The second-order valence-electron chi connectivity index (χ2n) is 6.93. The molecule has 152 valence electrons. The highest BCUT2D eigenvalue weighted by molar-refractivity contribution is 5.89. The maximum atomic E-state index is 13.9. The highest BCUT2D eigenvalue weighted by atomic mass is 19.1. The highest BCUT2D eigenvalue weighted by Crippen LogP contribution is 2.29. The lowest BCUT2D eigenvalue weighted by Crippen LogP contribution is -2.27. The van der Waals surface area contributed by atoms with Crippen molar-refractivity contribution in [1.29, 1.82) is 0 Å². The van der Waals surface area contributed by atoms with E-state index >= 15 is 0 Å². The summed E-state index contributed by atoms with van der Waals surface area (Å²) in [5.41, 5.74) is 3.08. The molecule has 3 aromatic rings. The van der Waals surface area contributed by atoms with Gasteiger partial charge in [0.1, 0.15) is 12.1 Å². The van der Waals surface area contributed by atoms with Gasteiger partial charge in [-0.25, -0.2) is 14.4 Å². The first-order chi connectivity index (χ1) is 14.6. The third kappa shape index (κ3) is 4.66. The number of hydrogen-bond donors (Lipinski definition) is 3. The van der Waals surface area contributed by atoms with E-state index in [0.717, 1.165) is 13.0 Å². The number of benzene rings is 2. The molecule has 8 heteroatoms. The van der Waals surface area contributed by atoms with Gasteiger partial charge in [0.25, 0.3) is 0 Å². The van der Waals surface area contributed by atoms with Gasteiger partial charge in [0.15, 0.2) is 5.82 Å². The Kier molecular flexibility index (Phi) is 5.76. The molecule has 7 nitrogen and oxygen atoms in total. The zero-order chi connectivity index (χ0) is 20.9. The first-order valence-electron chi connectivity index (χ1n) is 9.59. The summed E-state index contributed by atoms with van der Waals surface area (Å²) in [7, 11) is 0. The fraction of sp³-hybridized carbons (Fsp3) is 0.182. The minimum Gasteiger partial charge on any atom is -0.324 e. The lowest BCUT2D eigenvalue weighted by atomic mass is 9.95. The summed E-state index contributed by atoms with van der Waals surface area (Å²) in [6.07, 6.45) is 4.38. The standard InChI is InChI=1S/C22H21FN6O/c1-14(30)27-19-12-17(7-8-18(19)23)28-22-26-13-25-21(29-22)20-11-16(9-10-24-20)15-5-3-2-4-6-15/h2-9,12-13,20,24H,10-11H2,1H3,(H,27,30)(H,25,26,28,29). The van der Waals surface area contributed by atoms with E-state index in [9.17, 15) is 9.18 Å². The fourth-order valence-corrected chi connectivity index (χ4v) is 3.32. The van der Waals surface area contributed by atoms with Crippen LogP contribution in [0.2, 0.25) is 0 Å². The van der Waals surface area contributed by atoms with Crippen LogP contribution in [-0.2, 0) is 4.79 Å². The number of nitrogens with zero attached hydrogens (tertiary/aromatic N) is 3. The summed E-state index contributed by atoms with van der Waals surface area (Å²) in [5, 5.41) is 8.91. The van der Waals surface area contributed by atoms with Crippen molar-refractivity contribution in [2.45, 2.75) is 19.4 Å². The molecule has 0 fully saturated rings. The molecule has 1 unspecified atom stereocenters. The fourth-order valence-electron chi connectivity index (χ4n) is 3.32. The summed E-state index contributed by atoms with van der Waals surface area (Å²) >= 11 is 0. The summed E-state index contributed by atoms with van der Waals surface area (Å²) in [6, 6.07) is 14.5. The molecule has 1 atom stereocenters. The normalized spacial score (nSPS) is 15.9. The smallest absolute Gasteiger partial charge is 0.230 e. The van der Waals surface area contributed by atoms with Crippen LogP contribution in [0.1, 0.15) is 30.8 Å². The Balaban J connectivity index is 1.51. The van der Waals surface area contributed by atoms with Gasteiger partial charge in [-0.05, 0) is 35.8 Å². The Hall–Kier alpha value is -3.65. The summed E-state index contributed by atoms with van der Waals surface area (Å²) in [5.74, 6) is 0.106. The van der Waals surface area contributed by atoms with Crippen molar-refractivity contribution in [1.82, 2.24) is 20.3 Å². The lowest BCUT2D eigenvalue weighted by Gasteiger charge is -2.23. The van der Waals surface area contributed by atoms with Gasteiger partial charge < -0.3 is 16.0 Å². The van der Waals surface area contributed by atoms with Crippen LogP contribution in [-0.4, -0.2) is 27.4 Å². The Morgan fingerprint density at radius 3 is 2.80 bits per heavy atom. The molecule has 0 spiro atoms. The molecule has 0 radical (unpaired) electrons. The second kappa shape index (κ2) is 8.79. The van der Waals surface area contributed by atoms with E-state index in [0.29, 0.717) is 17.5 Å². The van der Waals surface area contributed by atoms with E-state index < -0.39 is 5.82 Å². The number of carbonyl (C=O) groups is 1. The van der Waals surface area contributed by atoms with Gasteiger partial charge in [-0.2, -0.15) is 4.98 Å². The van der Waals surface area contributed by atoms with E-state index in [1.807, 2.05) is 18.2 Å². The largest absolute Gasteiger partial charge is 0.324 e. The van der Waals surface area contributed by atoms with Gasteiger partial charge in [0, 0.05) is 19.2 Å². The average molecular weight is 404 g/mol. The molecular weight excluding hydrogens is 383 g/mol. The monoisotopic (exact) mass is 404 g/mol. The van der Waals surface area contributed by atoms with E-state index in [2.05, 4.69) is 49.1 Å². The van der Waals surface area contributed by atoms with Crippen molar-refractivity contribution in [3.63, 3.8) is 0 Å². The van der Waals surface area contributed by atoms with Crippen LogP contribution >= 0.6 is 0 Å². The number of rotatable bonds is 5. The van der Waals surface area contributed by atoms with Crippen molar-refractivity contribution in [3.05, 3.63) is 78.1 Å². The molecule has 3 N–H and O–H groups in total. The van der Waals surface area contributed by atoms with Gasteiger partial charge in [-0.1, -0.05) is 36.4 Å². The maximum absolute atomic E-state index is 13.9. The van der Waals surface area contributed by atoms with Crippen LogP contribution in [0.3, 0.4) is 0 Å². The summed E-state index contributed by atoms with van der Waals surface area (Å²) in [6.45, 7) is 2.05. The van der Waals surface area contributed by atoms with E-state index in [1.54, 1.807) is 6.07 Å². The molecule has 1 aromatic heterocycles. The van der Waals surface area contributed by atoms with Crippen LogP contribution < -0.4 is 16.0 Å². The minimum atomic E-state index is -0.515. The second-order valence-corrected chi connectivity index (χ2v) is 6.93. The minimum absolute atomic E-state index is 0.0445. The lowest BCUT2D eigenvalue weighted by molar-refractivity contribution is -0.114. The number of halogens is 1. The van der Waals surface area contributed by atoms with E-state index in [4.69, 9.17) is 0 Å². The first-order valence-corrected chi connectivity index (χ1v) is 9.59. The van der Waals surface area contributed by atoms with Crippen LogP contribution in [0.15, 0.2) is 60.9 Å². The average Bonchev–Trinajstić information content (AvgIpc) is 2.77. The quantitative estimate of drug-likeness (QED) is 0.599. The first kappa shape index (κ1) is 19.7. The number of hydrogen-bond acceptors (Lipinski definition) is 6. The summed E-state index contributed by atoms with van der Waals surface area (Å²) in [4.78, 5) is 24.3. The molecule has 0 saturated carbocycles. The molecule has 4 rings (SSSR count). The molecule has 1 aliphatic heterocycles. The zero-order valence-corrected chi connectivity index (χ0v) is 16.4. The maximum Gasteiger partial charge on any atom is 0.230 e. The topological polar surface area (TPSA) is 91.8 Å². The van der Waals surface area contributed by atoms with Gasteiger partial charge in [-0.3, -0.25) is 4.79 Å². The van der Waals surface area contributed by atoms with Gasteiger partial charge in [0.2, 0.25) is 11.9 Å². The Bertz CT molecular complexity index is 1090. The highest BCUT2D eigenvalue weighted by Gasteiger charge is 2.20. The summed E-state index contributed by atoms with van der Waals surface area (Å²) < 4.78 is 13.9. The van der Waals surface area contributed by atoms with Crippen LogP contribution in [0.5, 0.6) is 0 Å². The van der Waals surface area contributed by atoms with Gasteiger partial charge >= 0.3 is 0 Å². The molecule has 0 saturated heterocycles. The van der Waals surface area contributed by atoms with Crippen LogP contribution in [0, 0.1) is 5.82 Å². The van der Waals surface area contributed by atoms with E-state index in [-0.39, 0.29) is 17.6 Å². The number of amides is 1. The third-order valence-electron chi connectivity index (χ3n) is 4.72. The van der Waals surface area contributed by atoms with E-state index in [1.165, 1.54) is 36.5 Å². The Morgan fingerprint density at radius 1 is 1.17 bits per heavy atom. The zero-order valence-electron chi connectivity index (χ0n) is 16.4. The van der Waals surface area contributed by atoms with Crippen LogP contribution in [0.4, 0.5) is 21.7 Å². The predicted octanol–water partition coefficient (Wildman–Crippen LogP) is 3.83. The number of nitrogens with one attached hydrogen (secondary N) is 3. The molecule has 0 aliphatic carbocycles. The predicted molar refractivity (Wildman–Crippen MR) is 114 cm³/mol. The van der Waals surface area contributed by atoms with Crippen molar-refractivity contribution in [3.8, 4) is 0 Å². The Labute approximate surface area is 173 Å². The Morgan fingerprint density at radius 2 is 2.00 bits per heavy atom. The molecule has 2 aromatic carbocycles. The number of aromatic nitrogens is 3. The van der Waals surface area contributed by atoms with Crippen molar-refractivity contribution in [2.75, 3.05) is 17.2 Å². The third-order valence-corrected chi connectivity index (χ3v) is 4.72. The molecule has 2 heterocycles. The molecule has 1 amide bonds. The van der Waals surface area contributed by atoms with Crippen molar-refractivity contribution >= 4 is 28.8 Å². The molecule has 30 heavy (non-hydrogen) atoms. The number of carbonyl (C=O) groups excluding carboxylic acids is 1. The van der Waals surface area contributed by atoms with Crippen LogP contribution in [0.25, 0.3) is 5.57 Å². The van der Waals surface area contributed by atoms with Gasteiger partial charge in [-0.15, -0.1) is 0 Å². The van der Waals surface area contributed by atoms with Gasteiger partial charge in [0.05, 0.1) is 11.7 Å². The molecular formula is C22H21FN6O. The number of anilines is 3. The molecule has 0 bridgehead atoms.